The summed E-state index contributed by atoms with van der Waals surface area (Å²) in [5, 5.41) is 3.59. The van der Waals surface area contributed by atoms with Crippen LogP contribution in [0.25, 0.3) is 0 Å². The Hall–Kier alpha value is -3.07. The van der Waals surface area contributed by atoms with Crippen LogP contribution in [0.15, 0.2) is 77.7 Å². The van der Waals surface area contributed by atoms with Crippen LogP contribution in [0.3, 0.4) is 0 Å². The topological polar surface area (TPSA) is 86.8 Å². The predicted octanol–water partition coefficient (Wildman–Crippen LogP) is 5.83. The molecule has 0 heterocycles. The van der Waals surface area contributed by atoms with Gasteiger partial charge in [-0.2, -0.15) is 0 Å². The summed E-state index contributed by atoms with van der Waals surface area (Å²) in [7, 11) is -4.19. The molecule has 1 unspecified atom stereocenters. The largest absolute Gasteiger partial charge is 0.352 e. The Morgan fingerprint density at radius 3 is 2.10 bits per heavy atom. The number of para-hydroxylation sites is 1. The first-order valence-corrected chi connectivity index (χ1v) is 14.8. The molecule has 10 heteroatoms. The van der Waals surface area contributed by atoms with E-state index in [1.165, 1.54) is 17.0 Å². The van der Waals surface area contributed by atoms with E-state index in [1.807, 2.05) is 27.7 Å². The Morgan fingerprint density at radius 1 is 0.923 bits per heavy atom. The molecule has 2 amide bonds. The molecular weight excluding hydrogens is 557 g/mol. The van der Waals surface area contributed by atoms with Gasteiger partial charge in [0, 0.05) is 17.6 Å². The number of rotatable bonds is 11. The van der Waals surface area contributed by atoms with Crippen LogP contribution in [-0.2, 0) is 26.2 Å². The highest BCUT2D eigenvalue weighted by molar-refractivity contribution is 7.92. The number of benzene rings is 3. The maximum atomic E-state index is 14.0. The van der Waals surface area contributed by atoms with Crippen LogP contribution in [-0.4, -0.2) is 43.8 Å². The zero-order valence-corrected chi connectivity index (χ0v) is 24.7. The van der Waals surface area contributed by atoms with Crippen LogP contribution in [0.2, 0.25) is 10.0 Å². The van der Waals surface area contributed by atoms with E-state index in [2.05, 4.69) is 5.32 Å². The average Bonchev–Trinajstić information content (AvgIpc) is 2.88. The van der Waals surface area contributed by atoms with Crippen molar-refractivity contribution in [2.45, 2.75) is 57.6 Å². The van der Waals surface area contributed by atoms with Gasteiger partial charge in [0.1, 0.15) is 12.6 Å². The molecule has 3 aromatic carbocycles. The Labute approximate surface area is 240 Å². The number of anilines is 1. The Morgan fingerprint density at radius 2 is 1.54 bits per heavy atom. The highest BCUT2D eigenvalue weighted by Crippen LogP contribution is 2.31. The first kappa shape index (κ1) is 30.5. The van der Waals surface area contributed by atoms with E-state index in [0.29, 0.717) is 11.4 Å². The number of sulfonamides is 1. The zero-order valence-electron chi connectivity index (χ0n) is 22.4. The third kappa shape index (κ3) is 7.75. The normalized spacial score (nSPS) is 12.2. The van der Waals surface area contributed by atoms with Crippen molar-refractivity contribution in [3.05, 3.63) is 94.0 Å². The second-order valence-electron chi connectivity index (χ2n) is 9.51. The van der Waals surface area contributed by atoms with Gasteiger partial charge in [-0.05, 0) is 69.2 Å². The van der Waals surface area contributed by atoms with Gasteiger partial charge in [-0.25, -0.2) is 8.42 Å². The van der Waals surface area contributed by atoms with Gasteiger partial charge in [0.15, 0.2) is 0 Å². The maximum absolute atomic E-state index is 14.0. The first-order chi connectivity index (χ1) is 18.4. The van der Waals surface area contributed by atoms with Crippen molar-refractivity contribution in [3.63, 3.8) is 0 Å². The molecule has 0 aliphatic heterocycles. The van der Waals surface area contributed by atoms with E-state index >= 15 is 0 Å². The fourth-order valence-corrected chi connectivity index (χ4v) is 5.94. The third-order valence-electron chi connectivity index (χ3n) is 6.09. The number of aryl methyl sites for hydroxylation is 1. The lowest BCUT2D eigenvalue weighted by Crippen LogP contribution is -2.53. The van der Waals surface area contributed by atoms with Gasteiger partial charge < -0.3 is 10.2 Å². The maximum Gasteiger partial charge on any atom is 0.264 e. The van der Waals surface area contributed by atoms with Gasteiger partial charge in [0.05, 0.1) is 15.6 Å². The molecule has 0 saturated heterocycles. The van der Waals surface area contributed by atoms with Gasteiger partial charge in [-0.1, -0.05) is 72.1 Å². The quantitative estimate of drug-likeness (QED) is 0.305. The molecule has 39 heavy (non-hydrogen) atoms. The molecule has 7 nitrogen and oxygen atoms in total. The number of hydrogen-bond acceptors (Lipinski definition) is 4. The summed E-state index contributed by atoms with van der Waals surface area (Å²) in [4.78, 5) is 28.6. The lowest BCUT2D eigenvalue weighted by molar-refractivity contribution is -0.140. The van der Waals surface area contributed by atoms with Crippen molar-refractivity contribution in [3.8, 4) is 0 Å². The standard InChI is InChI=1S/C29H33Cl2N3O4S/c1-5-26(29(36)32-20(2)3)33(18-22-12-14-23(30)15-13-22)28(35)19-34(27-9-7-6-8-25(27)31)39(37,38)24-16-10-21(4)11-17-24/h6-17,20,26H,5,18-19H2,1-4H3,(H,32,36). The molecule has 3 aromatic rings. The second kappa shape index (κ2) is 13.3. The van der Waals surface area contributed by atoms with E-state index < -0.39 is 28.5 Å². The Kier molecular flexibility index (Phi) is 10.4. The van der Waals surface area contributed by atoms with Gasteiger partial charge >= 0.3 is 0 Å². The highest BCUT2D eigenvalue weighted by atomic mass is 35.5. The molecule has 3 rings (SSSR count). The second-order valence-corrected chi connectivity index (χ2v) is 12.2. The zero-order chi connectivity index (χ0) is 28.7. The minimum atomic E-state index is -4.19. The Balaban J connectivity index is 2.07. The Bertz CT molecular complexity index is 1390. The molecule has 0 radical (unpaired) electrons. The van der Waals surface area contributed by atoms with Crippen molar-refractivity contribution in [2.24, 2.45) is 0 Å². The monoisotopic (exact) mass is 589 g/mol. The summed E-state index contributed by atoms with van der Waals surface area (Å²) in [6, 6.07) is 18.8. The average molecular weight is 591 g/mol. The first-order valence-electron chi connectivity index (χ1n) is 12.6. The highest BCUT2D eigenvalue weighted by Gasteiger charge is 2.34. The summed E-state index contributed by atoms with van der Waals surface area (Å²) >= 11 is 12.5. The number of hydrogen-bond donors (Lipinski definition) is 1. The smallest absolute Gasteiger partial charge is 0.264 e. The van der Waals surface area contributed by atoms with E-state index in [-0.39, 0.29) is 34.1 Å². The molecule has 0 aliphatic rings. The molecule has 1 atom stereocenters. The van der Waals surface area contributed by atoms with Crippen LogP contribution in [0.4, 0.5) is 5.69 Å². The lowest BCUT2D eigenvalue weighted by atomic mass is 10.1. The predicted molar refractivity (Wildman–Crippen MR) is 157 cm³/mol. The van der Waals surface area contributed by atoms with E-state index in [9.17, 15) is 18.0 Å². The lowest BCUT2D eigenvalue weighted by Gasteiger charge is -2.33. The van der Waals surface area contributed by atoms with Crippen molar-refractivity contribution < 1.29 is 18.0 Å². The molecule has 0 saturated carbocycles. The van der Waals surface area contributed by atoms with E-state index in [0.717, 1.165) is 15.4 Å². The fourth-order valence-electron chi connectivity index (χ4n) is 4.09. The fraction of sp³-hybridized carbons (Fsp3) is 0.310. The summed E-state index contributed by atoms with van der Waals surface area (Å²) < 4.78 is 28.7. The van der Waals surface area contributed by atoms with Crippen LogP contribution in [0.1, 0.15) is 38.3 Å². The summed E-state index contributed by atoms with van der Waals surface area (Å²) in [6.07, 6.45) is 0.328. The van der Waals surface area contributed by atoms with Crippen molar-refractivity contribution in [2.75, 3.05) is 10.8 Å². The number of carbonyl (C=O) groups is 2. The van der Waals surface area contributed by atoms with Crippen LogP contribution in [0.5, 0.6) is 0 Å². The van der Waals surface area contributed by atoms with Gasteiger partial charge in [-0.3, -0.25) is 13.9 Å². The van der Waals surface area contributed by atoms with Crippen molar-refractivity contribution in [1.82, 2.24) is 10.2 Å². The number of amides is 2. The molecule has 0 spiro atoms. The molecule has 208 valence electrons. The van der Waals surface area contributed by atoms with E-state index in [4.69, 9.17) is 23.2 Å². The SMILES string of the molecule is CCC(C(=O)NC(C)C)N(Cc1ccc(Cl)cc1)C(=O)CN(c1ccccc1Cl)S(=O)(=O)c1ccc(C)cc1. The van der Waals surface area contributed by atoms with Gasteiger partial charge in [0.25, 0.3) is 10.0 Å². The number of halogens is 2. The molecule has 1 N–H and O–H groups in total. The number of nitrogens with zero attached hydrogens (tertiary/aromatic N) is 2. The van der Waals surface area contributed by atoms with Crippen LogP contribution in [0, 0.1) is 6.92 Å². The summed E-state index contributed by atoms with van der Waals surface area (Å²) in [5.41, 5.74) is 1.80. The number of nitrogens with one attached hydrogen (secondary N) is 1. The summed E-state index contributed by atoms with van der Waals surface area (Å²) in [6.45, 7) is 6.86. The van der Waals surface area contributed by atoms with Gasteiger partial charge in [0.2, 0.25) is 11.8 Å². The number of carbonyl (C=O) groups excluding carboxylic acids is 2. The molecule has 0 fully saturated rings. The minimum Gasteiger partial charge on any atom is -0.352 e. The minimum absolute atomic E-state index is 0.0228. The van der Waals surface area contributed by atoms with Gasteiger partial charge in [-0.15, -0.1) is 0 Å². The van der Waals surface area contributed by atoms with Crippen molar-refractivity contribution in [1.29, 1.82) is 0 Å². The van der Waals surface area contributed by atoms with E-state index in [1.54, 1.807) is 60.7 Å². The van der Waals surface area contributed by atoms with Crippen molar-refractivity contribution >= 4 is 50.7 Å². The molecule has 0 aliphatic carbocycles. The molecule has 0 bridgehead atoms. The molecule has 0 aromatic heterocycles. The van der Waals surface area contributed by atoms with Crippen LogP contribution < -0.4 is 9.62 Å². The summed E-state index contributed by atoms with van der Waals surface area (Å²) in [5.74, 6) is -0.869. The van der Waals surface area contributed by atoms with Crippen LogP contribution >= 0.6 is 23.2 Å². The third-order valence-corrected chi connectivity index (χ3v) is 8.44. The molecular formula is C29H33Cl2N3O4S.